The first kappa shape index (κ1) is 14.8. The molecule has 2 heterocycles. The lowest BCUT2D eigenvalue weighted by molar-refractivity contribution is 0.714. The van der Waals surface area contributed by atoms with Gasteiger partial charge in [0.2, 0.25) is 0 Å². The van der Waals surface area contributed by atoms with Crippen LogP contribution in [0.2, 0.25) is 0 Å². The Morgan fingerprint density at radius 2 is 1.77 bits per heavy atom. The molecule has 0 amide bonds. The number of thioether (sulfide) groups is 1. The SMILES string of the molecule is CCCSc1nnc(-c2ccncc2)n1Cc1ccccc1. The zero-order valence-corrected chi connectivity index (χ0v) is 13.3. The highest BCUT2D eigenvalue weighted by molar-refractivity contribution is 7.99. The molecule has 0 unspecified atom stereocenters. The van der Waals surface area contributed by atoms with Crippen LogP contribution >= 0.6 is 11.8 Å². The third-order valence-corrected chi connectivity index (χ3v) is 4.45. The van der Waals surface area contributed by atoms with Crippen molar-refractivity contribution in [2.45, 2.75) is 25.0 Å². The van der Waals surface area contributed by atoms with Crippen LogP contribution in [0.5, 0.6) is 0 Å². The van der Waals surface area contributed by atoms with Gasteiger partial charge in [-0.3, -0.25) is 9.55 Å². The third kappa shape index (κ3) is 3.36. The van der Waals surface area contributed by atoms with Gasteiger partial charge in [-0.15, -0.1) is 10.2 Å². The van der Waals surface area contributed by atoms with Crippen LogP contribution in [-0.4, -0.2) is 25.5 Å². The molecule has 0 fully saturated rings. The van der Waals surface area contributed by atoms with E-state index in [1.807, 2.05) is 18.2 Å². The molecule has 0 atom stereocenters. The lowest BCUT2D eigenvalue weighted by Gasteiger charge is -2.10. The van der Waals surface area contributed by atoms with E-state index in [9.17, 15) is 0 Å². The molecule has 0 aliphatic rings. The van der Waals surface area contributed by atoms with E-state index < -0.39 is 0 Å². The molecule has 112 valence electrons. The van der Waals surface area contributed by atoms with Gasteiger partial charge in [-0.25, -0.2) is 0 Å². The number of pyridine rings is 1. The largest absolute Gasteiger partial charge is 0.298 e. The molecular formula is C17H18N4S. The molecule has 0 saturated heterocycles. The third-order valence-electron chi connectivity index (χ3n) is 3.27. The normalized spacial score (nSPS) is 10.8. The number of nitrogens with zero attached hydrogens (tertiary/aromatic N) is 4. The van der Waals surface area contributed by atoms with E-state index in [1.54, 1.807) is 24.2 Å². The molecule has 0 aliphatic heterocycles. The van der Waals surface area contributed by atoms with Gasteiger partial charge in [0, 0.05) is 23.7 Å². The van der Waals surface area contributed by atoms with E-state index in [2.05, 4.69) is 50.9 Å². The Bertz CT molecular complexity index is 710. The fourth-order valence-corrected chi connectivity index (χ4v) is 3.00. The quantitative estimate of drug-likeness (QED) is 0.648. The summed E-state index contributed by atoms with van der Waals surface area (Å²) in [5.41, 5.74) is 2.29. The molecule has 2 aromatic heterocycles. The summed E-state index contributed by atoms with van der Waals surface area (Å²) in [6, 6.07) is 14.4. The fourth-order valence-electron chi connectivity index (χ4n) is 2.21. The molecule has 4 nitrogen and oxygen atoms in total. The van der Waals surface area contributed by atoms with Crippen molar-refractivity contribution < 1.29 is 0 Å². The maximum atomic E-state index is 4.40. The molecule has 0 bridgehead atoms. The highest BCUT2D eigenvalue weighted by atomic mass is 32.2. The van der Waals surface area contributed by atoms with Crippen LogP contribution in [0.15, 0.2) is 60.0 Å². The van der Waals surface area contributed by atoms with Crippen LogP contribution in [0.25, 0.3) is 11.4 Å². The minimum absolute atomic E-state index is 0.775. The summed E-state index contributed by atoms with van der Waals surface area (Å²) in [4.78, 5) is 4.08. The lowest BCUT2D eigenvalue weighted by atomic mass is 10.2. The van der Waals surface area contributed by atoms with Gasteiger partial charge >= 0.3 is 0 Å². The molecule has 5 heteroatoms. The van der Waals surface area contributed by atoms with E-state index in [1.165, 1.54) is 5.56 Å². The Morgan fingerprint density at radius 1 is 1.00 bits per heavy atom. The number of hydrogen-bond acceptors (Lipinski definition) is 4. The first-order valence-corrected chi connectivity index (χ1v) is 8.37. The van der Waals surface area contributed by atoms with Crippen molar-refractivity contribution >= 4 is 11.8 Å². The van der Waals surface area contributed by atoms with Crippen molar-refractivity contribution in [3.8, 4) is 11.4 Å². The van der Waals surface area contributed by atoms with Gasteiger partial charge in [-0.2, -0.15) is 0 Å². The summed E-state index contributed by atoms with van der Waals surface area (Å²) < 4.78 is 2.19. The molecule has 0 N–H and O–H groups in total. The fraction of sp³-hybridized carbons (Fsp3) is 0.235. The van der Waals surface area contributed by atoms with Crippen molar-refractivity contribution in [2.75, 3.05) is 5.75 Å². The van der Waals surface area contributed by atoms with Gasteiger partial charge in [0.15, 0.2) is 11.0 Å². The second kappa shape index (κ2) is 7.22. The molecule has 22 heavy (non-hydrogen) atoms. The van der Waals surface area contributed by atoms with E-state index >= 15 is 0 Å². The van der Waals surface area contributed by atoms with Crippen molar-refractivity contribution in [1.29, 1.82) is 0 Å². The Kier molecular flexibility index (Phi) is 4.85. The maximum absolute atomic E-state index is 4.40. The minimum Gasteiger partial charge on any atom is -0.298 e. The highest BCUT2D eigenvalue weighted by Crippen LogP contribution is 2.25. The van der Waals surface area contributed by atoms with Crippen LogP contribution < -0.4 is 0 Å². The molecule has 3 rings (SSSR count). The number of hydrogen-bond donors (Lipinski definition) is 0. The second-order valence-corrected chi connectivity index (χ2v) is 6.02. The summed E-state index contributed by atoms with van der Waals surface area (Å²) in [5.74, 6) is 1.94. The Labute approximate surface area is 134 Å². The first-order valence-electron chi connectivity index (χ1n) is 7.39. The van der Waals surface area contributed by atoms with Crippen molar-refractivity contribution in [2.24, 2.45) is 0 Å². The van der Waals surface area contributed by atoms with Crippen LogP contribution in [-0.2, 0) is 6.54 Å². The molecule has 0 saturated carbocycles. The minimum atomic E-state index is 0.775. The topological polar surface area (TPSA) is 43.6 Å². The second-order valence-electron chi connectivity index (χ2n) is 4.96. The molecule has 0 radical (unpaired) electrons. The monoisotopic (exact) mass is 310 g/mol. The summed E-state index contributed by atoms with van der Waals surface area (Å²) in [5, 5.41) is 9.75. The van der Waals surface area contributed by atoms with Crippen molar-refractivity contribution in [3.05, 3.63) is 60.4 Å². The standard InChI is InChI=1S/C17H18N4S/c1-2-12-22-17-20-19-16(15-8-10-18-11-9-15)21(17)13-14-6-4-3-5-7-14/h3-11H,2,12-13H2,1H3. The average molecular weight is 310 g/mol. The lowest BCUT2D eigenvalue weighted by Crippen LogP contribution is -2.04. The van der Waals surface area contributed by atoms with E-state index in [-0.39, 0.29) is 0 Å². The van der Waals surface area contributed by atoms with Gasteiger partial charge in [-0.1, -0.05) is 49.0 Å². The van der Waals surface area contributed by atoms with Crippen molar-refractivity contribution in [3.63, 3.8) is 0 Å². The van der Waals surface area contributed by atoms with Gasteiger partial charge in [0.25, 0.3) is 0 Å². The number of benzene rings is 1. The van der Waals surface area contributed by atoms with Crippen LogP contribution in [0.1, 0.15) is 18.9 Å². The van der Waals surface area contributed by atoms with Gasteiger partial charge in [0.1, 0.15) is 0 Å². The van der Waals surface area contributed by atoms with Gasteiger partial charge < -0.3 is 0 Å². The van der Waals surface area contributed by atoms with Gasteiger partial charge in [-0.05, 0) is 24.1 Å². The Morgan fingerprint density at radius 3 is 2.50 bits per heavy atom. The zero-order valence-electron chi connectivity index (χ0n) is 12.5. The summed E-state index contributed by atoms with van der Waals surface area (Å²) >= 11 is 1.76. The molecule has 1 aromatic carbocycles. The predicted octanol–water partition coefficient (Wildman–Crippen LogP) is 3.89. The van der Waals surface area contributed by atoms with E-state index in [0.29, 0.717) is 0 Å². The molecule has 3 aromatic rings. The van der Waals surface area contributed by atoms with E-state index in [0.717, 1.165) is 35.3 Å². The van der Waals surface area contributed by atoms with Crippen LogP contribution in [0.4, 0.5) is 0 Å². The first-order chi connectivity index (χ1) is 10.9. The molecule has 0 aliphatic carbocycles. The summed E-state index contributed by atoms with van der Waals surface area (Å²) in [6.45, 7) is 2.95. The maximum Gasteiger partial charge on any atom is 0.191 e. The van der Waals surface area contributed by atoms with Crippen LogP contribution in [0, 0.1) is 0 Å². The number of rotatable bonds is 6. The smallest absolute Gasteiger partial charge is 0.191 e. The zero-order chi connectivity index (χ0) is 15.2. The highest BCUT2D eigenvalue weighted by Gasteiger charge is 2.14. The molecule has 0 spiro atoms. The van der Waals surface area contributed by atoms with Crippen molar-refractivity contribution in [1.82, 2.24) is 19.7 Å². The van der Waals surface area contributed by atoms with Gasteiger partial charge in [0.05, 0.1) is 6.54 Å². The Balaban J connectivity index is 1.98. The van der Waals surface area contributed by atoms with E-state index in [4.69, 9.17) is 0 Å². The summed E-state index contributed by atoms with van der Waals surface area (Å²) in [6.07, 6.45) is 4.69. The van der Waals surface area contributed by atoms with Crippen LogP contribution in [0.3, 0.4) is 0 Å². The number of aromatic nitrogens is 4. The Hall–Kier alpha value is -2.14. The average Bonchev–Trinajstić information content (AvgIpc) is 2.97. The molecular weight excluding hydrogens is 292 g/mol. The predicted molar refractivity (Wildman–Crippen MR) is 89.8 cm³/mol. The summed E-state index contributed by atoms with van der Waals surface area (Å²) in [7, 11) is 0.